The molecule has 17 heavy (non-hydrogen) atoms. The standard InChI is InChI=1S/C13H13FN2O/c1-9-3-11(6-12(14)4-9)13(17)5-10-7-15-16(2)8-10/h3-4,6-8H,5H2,1-2H3. The van der Waals surface area contributed by atoms with E-state index in [9.17, 15) is 9.18 Å². The molecule has 0 radical (unpaired) electrons. The van der Waals surface area contributed by atoms with Crippen LogP contribution < -0.4 is 0 Å². The summed E-state index contributed by atoms with van der Waals surface area (Å²) in [6.45, 7) is 1.77. The second-order valence-corrected chi connectivity index (χ2v) is 4.14. The van der Waals surface area contributed by atoms with E-state index in [-0.39, 0.29) is 18.0 Å². The first-order chi connectivity index (χ1) is 8.04. The molecule has 0 atom stereocenters. The van der Waals surface area contributed by atoms with E-state index in [0.717, 1.165) is 11.1 Å². The van der Waals surface area contributed by atoms with E-state index in [0.29, 0.717) is 5.56 Å². The monoisotopic (exact) mass is 232 g/mol. The number of benzene rings is 1. The summed E-state index contributed by atoms with van der Waals surface area (Å²) >= 11 is 0. The number of halogens is 1. The molecule has 1 aromatic carbocycles. The maximum absolute atomic E-state index is 13.2. The summed E-state index contributed by atoms with van der Waals surface area (Å²) in [7, 11) is 1.79. The fraction of sp³-hybridized carbons (Fsp3) is 0.231. The third kappa shape index (κ3) is 2.78. The molecule has 1 heterocycles. The van der Waals surface area contributed by atoms with Crippen LogP contribution in [0.1, 0.15) is 21.5 Å². The van der Waals surface area contributed by atoms with Gasteiger partial charge in [0.15, 0.2) is 5.78 Å². The van der Waals surface area contributed by atoms with Gasteiger partial charge in [-0.1, -0.05) is 0 Å². The highest BCUT2D eigenvalue weighted by atomic mass is 19.1. The molecule has 0 aliphatic heterocycles. The largest absolute Gasteiger partial charge is 0.294 e. The van der Waals surface area contributed by atoms with E-state index < -0.39 is 0 Å². The molecule has 0 spiro atoms. The topological polar surface area (TPSA) is 34.9 Å². The van der Waals surface area contributed by atoms with Crippen LogP contribution in [0.5, 0.6) is 0 Å². The fourth-order valence-corrected chi connectivity index (χ4v) is 1.75. The molecular weight excluding hydrogens is 219 g/mol. The number of aryl methyl sites for hydroxylation is 2. The highest BCUT2D eigenvalue weighted by molar-refractivity contribution is 5.97. The summed E-state index contributed by atoms with van der Waals surface area (Å²) in [4.78, 5) is 11.9. The maximum Gasteiger partial charge on any atom is 0.167 e. The molecule has 88 valence electrons. The van der Waals surface area contributed by atoms with Crippen molar-refractivity contribution in [1.82, 2.24) is 9.78 Å². The molecule has 4 heteroatoms. The van der Waals surface area contributed by atoms with Gasteiger partial charge >= 0.3 is 0 Å². The number of nitrogens with zero attached hydrogens (tertiary/aromatic N) is 2. The Kier molecular flexibility index (Phi) is 3.04. The van der Waals surface area contributed by atoms with Crippen molar-refractivity contribution in [2.24, 2.45) is 7.05 Å². The summed E-state index contributed by atoms with van der Waals surface area (Å²) in [5, 5.41) is 3.99. The summed E-state index contributed by atoms with van der Waals surface area (Å²) in [6.07, 6.45) is 3.67. The van der Waals surface area contributed by atoms with Gasteiger partial charge in [-0.3, -0.25) is 9.48 Å². The second-order valence-electron chi connectivity index (χ2n) is 4.14. The SMILES string of the molecule is Cc1cc(F)cc(C(=O)Cc2cnn(C)c2)c1. The van der Waals surface area contributed by atoms with Crippen molar-refractivity contribution in [2.75, 3.05) is 0 Å². The lowest BCUT2D eigenvalue weighted by Crippen LogP contribution is -2.04. The number of carbonyl (C=O) groups excluding carboxylic acids is 1. The average molecular weight is 232 g/mol. The Morgan fingerprint density at radius 2 is 2.18 bits per heavy atom. The average Bonchev–Trinajstić information content (AvgIpc) is 2.62. The Morgan fingerprint density at radius 1 is 1.41 bits per heavy atom. The Labute approximate surface area is 98.9 Å². The zero-order valence-electron chi connectivity index (χ0n) is 9.77. The molecular formula is C13H13FN2O. The van der Waals surface area contributed by atoms with Crippen molar-refractivity contribution in [1.29, 1.82) is 0 Å². The number of rotatable bonds is 3. The van der Waals surface area contributed by atoms with Gasteiger partial charge in [-0.05, 0) is 36.2 Å². The third-order valence-corrected chi connectivity index (χ3v) is 2.49. The minimum atomic E-state index is -0.375. The van der Waals surface area contributed by atoms with Crippen molar-refractivity contribution >= 4 is 5.78 Å². The molecule has 3 nitrogen and oxygen atoms in total. The fourth-order valence-electron chi connectivity index (χ4n) is 1.75. The van der Waals surface area contributed by atoms with Crippen LogP contribution in [0, 0.1) is 12.7 Å². The van der Waals surface area contributed by atoms with Gasteiger partial charge in [0.25, 0.3) is 0 Å². The van der Waals surface area contributed by atoms with Crippen LogP contribution in [0.25, 0.3) is 0 Å². The van der Waals surface area contributed by atoms with E-state index in [1.165, 1.54) is 12.1 Å². The predicted octanol–water partition coefficient (Wildman–Crippen LogP) is 2.29. The third-order valence-electron chi connectivity index (χ3n) is 2.49. The molecule has 0 aliphatic rings. The quantitative estimate of drug-likeness (QED) is 0.761. The Bertz CT molecular complexity index is 540. The number of hydrogen-bond acceptors (Lipinski definition) is 2. The predicted molar refractivity (Wildman–Crippen MR) is 62.4 cm³/mol. The van der Waals surface area contributed by atoms with Crippen LogP contribution in [0.3, 0.4) is 0 Å². The zero-order chi connectivity index (χ0) is 12.4. The minimum absolute atomic E-state index is 0.0967. The van der Waals surface area contributed by atoms with Crippen molar-refractivity contribution in [3.63, 3.8) is 0 Å². The van der Waals surface area contributed by atoms with Gasteiger partial charge in [0.1, 0.15) is 5.82 Å². The maximum atomic E-state index is 13.2. The molecule has 1 aromatic heterocycles. The lowest BCUT2D eigenvalue weighted by atomic mass is 10.0. The van der Waals surface area contributed by atoms with Crippen molar-refractivity contribution in [2.45, 2.75) is 13.3 Å². The molecule has 0 N–H and O–H groups in total. The van der Waals surface area contributed by atoms with Crippen molar-refractivity contribution < 1.29 is 9.18 Å². The smallest absolute Gasteiger partial charge is 0.167 e. The molecule has 0 saturated carbocycles. The van der Waals surface area contributed by atoms with Crippen LogP contribution in [0.15, 0.2) is 30.6 Å². The summed E-state index contributed by atoms with van der Waals surface area (Å²) in [6, 6.07) is 4.37. The van der Waals surface area contributed by atoms with Crippen LogP contribution in [-0.4, -0.2) is 15.6 Å². The van der Waals surface area contributed by atoms with Gasteiger partial charge in [-0.2, -0.15) is 5.10 Å². The molecule has 0 aliphatic carbocycles. The van der Waals surface area contributed by atoms with E-state index >= 15 is 0 Å². The van der Waals surface area contributed by atoms with E-state index in [1.54, 1.807) is 37.1 Å². The molecule has 2 aromatic rings. The van der Waals surface area contributed by atoms with Gasteiger partial charge in [0.2, 0.25) is 0 Å². The first-order valence-electron chi connectivity index (χ1n) is 5.32. The first kappa shape index (κ1) is 11.5. The van der Waals surface area contributed by atoms with Crippen molar-refractivity contribution in [3.8, 4) is 0 Å². The van der Waals surface area contributed by atoms with Gasteiger partial charge in [-0.25, -0.2) is 4.39 Å². The van der Waals surface area contributed by atoms with E-state index in [2.05, 4.69) is 5.10 Å². The number of ketones is 1. The molecule has 0 saturated heterocycles. The molecule has 2 rings (SSSR count). The van der Waals surface area contributed by atoms with Gasteiger partial charge in [0.05, 0.1) is 6.20 Å². The van der Waals surface area contributed by atoms with Crippen LogP contribution in [0.4, 0.5) is 4.39 Å². The Morgan fingerprint density at radius 3 is 2.76 bits per heavy atom. The lowest BCUT2D eigenvalue weighted by molar-refractivity contribution is 0.0992. The van der Waals surface area contributed by atoms with E-state index in [1.807, 2.05) is 0 Å². The van der Waals surface area contributed by atoms with Crippen LogP contribution in [-0.2, 0) is 13.5 Å². The number of hydrogen-bond donors (Lipinski definition) is 0. The highest BCUT2D eigenvalue weighted by Crippen LogP contribution is 2.11. The first-order valence-corrected chi connectivity index (χ1v) is 5.32. The Balaban J connectivity index is 2.19. The Hall–Kier alpha value is -1.97. The minimum Gasteiger partial charge on any atom is -0.294 e. The summed E-state index contributed by atoms with van der Waals surface area (Å²) < 4.78 is 14.8. The van der Waals surface area contributed by atoms with E-state index in [4.69, 9.17) is 0 Å². The van der Waals surface area contributed by atoms with Gasteiger partial charge in [-0.15, -0.1) is 0 Å². The molecule has 0 fully saturated rings. The zero-order valence-corrected chi connectivity index (χ0v) is 9.77. The second kappa shape index (κ2) is 4.49. The van der Waals surface area contributed by atoms with Crippen LogP contribution >= 0.6 is 0 Å². The number of carbonyl (C=O) groups is 1. The molecule has 0 amide bonds. The highest BCUT2D eigenvalue weighted by Gasteiger charge is 2.10. The molecule has 0 bridgehead atoms. The summed E-state index contributed by atoms with van der Waals surface area (Å²) in [5.41, 5.74) is 1.99. The normalized spacial score (nSPS) is 10.5. The number of Topliss-reactive ketones (excluding diaryl/α,β-unsaturated/α-hetero) is 1. The van der Waals surface area contributed by atoms with Crippen molar-refractivity contribution in [3.05, 3.63) is 53.1 Å². The molecule has 0 unspecified atom stereocenters. The van der Waals surface area contributed by atoms with Crippen LogP contribution in [0.2, 0.25) is 0 Å². The summed E-state index contributed by atoms with van der Waals surface area (Å²) in [5.74, 6) is -0.472. The lowest BCUT2D eigenvalue weighted by Gasteiger charge is -2.01. The van der Waals surface area contributed by atoms with Gasteiger partial charge < -0.3 is 0 Å². The number of aromatic nitrogens is 2. The van der Waals surface area contributed by atoms with Gasteiger partial charge in [0, 0.05) is 25.2 Å².